The minimum atomic E-state index is -0.226. The Morgan fingerprint density at radius 3 is 1.94 bits per heavy atom. The molecule has 0 atom stereocenters. The van der Waals surface area contributed by atoms with Crippen LogP contribution in [0.3, 0.4) is 0 Å². The summed E-state index contributed by atoms with van der Waals surface area (Å²) < 4.78 is 19.3. The highest BCUT2D eigenvalue weighted by Crippen LogP contribution is 2.33. The van der Waals surface area contributed by atoms with E-state index in [0.29, 0.717) is 0 Å². The molecule has 7 aromatic rings. The largest absolute Gasteiger partial charge is 0.456 e. The molecular weight excluding hydrogens is 445 g/mol. The highest BCUT2D eigenvalue weighted by molar-refractivity contribution is 6.06. The fraction of sp³-hybridized carbons (Fsp3) is 0. The lowest BCUT2D eigenvalue weighted by Crippen LogP contribution is -1.86. The Kier molecular flexibility index (Phi) is 4.68. The average Bonchev–Trinajstić information content (AvgIpc) is 3.31. The van der Waals surface area contributed by atoms with Gasteiger partial charge in [0.1, 0.15) is 17.0 Å². The summed E-state index contributed by atoms with van der Waals surface area (Å²) in [5, 5.41) is 4.51. The minimum Gasteiger partial charge on any atom is -0.456 e. The smallest absolute Gasteiger partial charge is 0.135 e. The summed E-state index contributed by atoms with van der Waals surface area (Å²) in [4.78, 5) is 4.78. The summed E-state index contributed by atoms with van der Waals surface area (Å²) >= 11 is 0. The van der Waals surface area contributed by atoms with Crippen LogP contribution in [0.2, 0.25) is 0 Å². The third kappa shape index (κ3) is 3.53. The van der Waals surface area contributed by atoms with Gasteiger partial charge in [-0.05, 0) is 82.1 Å². The van der Waals surface area contributed by atoms with Crippen LogP contribution in [-0.4, -0.2) is 4.98 Å². The molecule has 0 radical (unpaired) electrons. The molecule has 2 heterocycles. The van der Waals surface area contributed by atoms with Crippen LogP contribution in [0.25, 0.3) is 66.2 Å². The lowest BCUT2D eigenvalue weighted by molar-refractivity contribution is 0.628. The number of aromatic nitrogens is 1. The quantitative estimate of drug-likeness (QED) is 0.260. The number of halogens is 1. The molecule has 0 unspecified atom stereocenters. The van der Waals surface area contributed by atoms with Crippen molar-refractivity contribution in [1.82, 2.24) is 4.98 Å². The second kappa shape index (κ2) is 8.17. The van der Waals surface area contributed by atoms with Gasteiger partial charge in [0.05, 0.1) is 5.69 Å². The molecule has 7 rings (SSSR count). The number of benzene rings is 5. The van der Waals surface area contributed by atoms with Crippen molar-refractivity contribution < 1.29 is 8.81 Å². The first-order valence-electron chi connectivity index (χ1n) is 11.9. The van der Waals surface area contributed by atoms with Crippen LogP contribution in [0.5, 0.6) is 0 Å². The van der Waals surface area contributed by atoms with Gasteiger partial charge in [-0.3, -0.25) is 4.98 Å². The fourth-order valence-corrected chi connectivity index (χ4v) is 4.87. The number of fused-ring (bicyclic) bond motifs is 4. The first-order valence-corrected chi connectivity index (χ1v) is 11.9. The van der Waals surface area contributed by atoms with Gasteiger partial charge in [-0.2, -0.15) is 0 Å². The Bertz CT molecular complexity index is 1880. The van der Waals surface area contributed by atoms with E-state index in [9.17, 15) is 4.39 Å². The molecule has 2 nitrogen and oxygen atoms in total. The maximum absolute atomic E-state index is 13.3. The summed E-state index contributed by atoms with van der Waals surface area (Å²) in [6, 6.07) is 37.9. The maximum Gasteiger partial charge on any atom is 0.135 e. The van der Waals surface area contributed by atoms with E-state index in [4.69, 9.17) is 9.40 Å². The van der Waals surface area contributed by atoms with E-state index in [0.717, 1.165) is 66.2 Å². The summed E-state index contributed by atoms with van der Waals surface area (Å²) in [6.45, 7) is 0. The average molecular weight is 466 g/mol. The zero-order valence-electron chi connectivity index (χ0n) is 19.3. The van der Waals surface area contributed by atoms with E-state index in [1.165, 1.54) is 12.1 Å². The number of furan rings is 1. The summed E-state index contributed by atoms with van der Waals surface area (Å²) in [6.07, 6.45) is 1.93. The molecule has 5 aromatic carbocycles. The van der Waals surface area contributed by atoms with Gasteiger partial charge in [-0.25, -0.2) is 4.39 Å². The van der Waals surface area contributed by atoms with Crippen LogP contribution in [-0.2, 0) is 0 Å². The molecule has 2 aromatic heterocycles. The van der Waals surface area contributed by atoms with Gasteiger partial charge in [0.15, 0.2) is 0 Å². The van der Waals surface area contributed by atoms with Crippen molar-refractivity contribution in [3.63, 3.8) is 0 Å². The highest BCUT2D eigenvalue weighted by Gasteiger charge is 2.09. The molecular formula is C33H20FNO. The van der Waals surface area contributed by atoms with Crippen LogP contribution in [0.15, 0.2) is 126 Å². The fourth-order valence-electron chi connectivity index (χ4n) is 4.87. The molecule has 0 spiro atoms. The number of para-hydroxylation sites is 1. The molecule has 0 amide bonds. The van der Waals surface area contributed by atoms with Gasteiger partial charge < -0.3 is 4.42 Å². The second-order valence-electron chi connectivity index (χ2n) is 9.02. The SMILES string of the molecule is Fc1ccc(-c2ccc3ccc(-c4ccc(-c5ccc6oc7ccccc7c6c5)nc4)cc3c2)cc1. The highest BCUT2D eigenvalue weighted by atomic mass is 19.1. The van der Waals surface area contributed by atoms with Gasteiger partial charge in [0.2, 0.25) is 0 Å². The minimum absolute atomic E-state index is 0.226. The van der Waals surface area contributed by atoms with Crippen LogP contribution >= 0.6 is 0 Å². The number of pyridine rings is 1. The summed E-state index contributed by atoms with van der Waals surface area (Å²) in [5.74, 6) is -0.226. The first-order chi connectivity index (χ1) is 17.7. The predicted octanol–water partition coefficient (Wildman–Crippen LogP) is 9.27. The molecule has 3 heteroatoms. The van der Waals surface area contributed by atoms with E-state index < -0.39 is 0 Å². The molecule has 0 aliphatic carbocycles. The molecule has 36 heavy (non-hydrogen) atoms. The van der Waals surface area contributed by atoms with E-state index in [1.807, 2.05) is 42.6 Å². The van der Waals surface area contributed by atoms with Crippen molar-refractivity contribution in [3.8, 4) is 33.5 Å². The van der Waals surface area contributed by atoms with Crippen LogP contribution in [0, 0.1) is 5.82 Å². The van der Waals surface area contributed by atoms with E-state index in [2.05, 4.69) is 66.7 Å². The molecule has 0 saturated heterocycles. The van der Waals surface area contributed by atoms with E-state index in [-0.39, 0.29) is 5.82 Å². The standard InChI is InChI=1S/C33H20FNO/c34-28-13-9-21(10-14-28)23-7-5-22-6-8-24(18-27(22)17-23)26-11-15-31(35-20-26)25-12-16-33-30(19-25)29-3-1-2-4-32(29)36-33/h1-20H. The van der Waals surface area contributed by atoms with Crippen LogP contribution < -0.4 is 0 Å². The molecule has 0 fully saturated rings. The topological polar surface area (TPSA) is 26.0 Å². The summed E-state index contributed by atoms with van der Waals surface area (Å²) in [5.41, 5.74) is 7.98. The monoisotopic (exact) mass is 465 g/mol. The Morgan fingerprint density at radius 1 is 0.500 bits per heavy atom. The van der Waals surface area contributed by atoms with E-state index in [1.54, 1.807) is 0 Å². The van der Waals surface area contributed by atoms with Crippen molar-refractivity contribution >= 4 is 32.7 Å². The number of hydrogen-bond donors (Lipinski definition) is 0. The van der Waals surface area contributed by atoms with Crippen molar-refractivity contribution in [3.05, 3.63) is 127 Å². The molecule has 0 aliphatic heterocycles. The van der Waals surface area contributed by atoms with E-state index >= 15 is 0 Å². The van der Waals surface area contributed by atoms with Gasteiger partial charge in [-0.15, -0.1) is 0 Å². The third-order valence-electron chi connectivity index (χ3n) is 6.79. The van der Waals surface area contributed by atoms with Gasteiger partial charge >= 0.3 is 0 Å². The zero-order valence-corrected chi connectivity index (χ0v) is 19.3. The van der Waals surface area contributed by atoms with Crippen molar-refractivity contribution in [2.24, 2.45) is 0 Å². The Hall–Kier alpha value is -4.76. The Morgan fingerprint density at radius 2 is 1.17 bits per heavy atom. The number of nitrogens with zero attached hydrogens (tertiary/aromatic N) is 1. The van der Waals surface area contributed by atoms with Crippen LogP contribution in [0.4, 0.5) is 4.39 Å². The molecule has 170 valence electrons. The van der Waals surface area contributed by atoms with Crippen molar-refractivity contribution in [2.45, 2.75) is 0 Å². The normalized spacial score (nSPS) is 11.5. The molecule has 0 aliphatic rings. The van der Waals surface area contributed by atoms with Gasteiger partial charge in [0.25, 0.3) is 0 Å². The Balaban J connectivity index is 1.23. The summed E-state index contributed by atoms with van der Waals surface area (Å²) in [7, 11) is 0. The maximum atomic E-state index is 13.3. The van der Waals surface area contributed by atoms with Crippen molar-refractivity contribution in [2.75, 3.05) is 0 Å². The number of hydrogen-bond acceptors (Lipinski definition) is 2. The number of rotatable bonds is 3. The predicted molar refractivity (Wildman–Crippen MR) is 145 cm³/mol. The molecule has 0 N–H and O–H groups in total. The zero-order chi connectivity index (χ0) is 24.1. The van der Waals surface area contributed by atoms with Crippen molar-refractivity contribution in [1.29, 1.82) is 0 Å². The van der Waals surface area contributed by atoms with Gasteiger partial charge in [0, 0.05) is 28.1 Å². The first kappa shape index (κ1) is 20.6. The third-order valence-corrected chi connectivity index (χ3v) is 6.79. The molecule has 0 bridgehead atoms. The lowest BCUT2D eigenvalue weighted by atomic mass is 9.98. The van der Waals surface area contributed by atoms with Gasteiger partial charge in [-0.1, -0.05) is 60.7 Å². The second-order valence-corrected chi connectivity index (χ2v) is 9.02. The lowest BCUT2D eigenvalue weighted by Gasteiger charge is -2.08. The Labute approximate surface area is 207 Å². The molecule has 0 saturated carbocycles. The van der Waals surface area contributed by atoms with Crippen LogP contribution in [0.1, 0.15) is 0 Å².